The maximum absolute atomic E-state index is 11.4. The van der Waals surface area contributed by atoms with Crippen LogP contribution in [0.2, 0.25) is 0 Å². The van der Waals surface area contributed by atoms with Crippen LogP contribution in [0, 0.1) is 0 Å². The number of carbonyl (C=O) groups is 1. The molecule has 3 aromatic rings. The molecule has 0 fully saturated rings. The normalized spacial score (nSPS) is 10.5. The Balaban J connectivity index is 2.29. The molecule has 2 aromatic carbocycles. The molecule has 0 aliphatic carbocycles. The van der Waals surface area contributed by atoms with Gasteiger partial charge in [-0.2, -0.15) is 0 Å². The van der Waals surface area contributed by atoms with E-state index in [-0.39, 0.29) is 5.91 Å². The van der Waals surface area contributed by atoms with Crippen LogP contribution in [0.5, 0.6) is 5.75 Å². The quantitative estimate of drug-likeness (QED) is 0.797. The van der Waals surface area contributed by atoms with Crippen LogP contribution in [-0.2, 0) is 4.79 Å². The number of pyridine rings is 1. The maximum atomic E-state index is 11.4. The summed E-state index contributed by atoms with van der Waals surface area (Å²) >= 11 is 0. The summed E-state index contributed by atoms with van der Waals surface area (Å²) in [5.74, 6) is 0.544. The van der Waals surface area contributed by atoms with Gasteiger partial charge in [0, 0.05) is 24.6 Å². The highest BCUT2D eigenvalue weighted by molar-refractivity contribution is 6.05. The van der Waals surface area contributed by atoms with Crippen LogP contribution in [0.4, 0.5) is 5.69 Å². The summed E-state index contributed by atoms with van der Waals surface area (Å²) in [5.41, 5.74) is 3.55. The Morgan fingerprint density at radius 3 is 2.59 bits per heavy atom. The summed E-state index contributed by atoms with van der Waals surface area (Å²) in [6, 6.07) is 15.8. The molecule has 0 aliphatic rings. The van der Waals surface area contributed by atoms with Gasteiger partial charge >= 0.3 is 0 Å². The molecule has 1 amide bonds. The molecule has 1 aromatic heterocycles. The van der Waals surface area contributed by atoms with Crippen LogP contribution in [0.3, 0.4) is 0 Å². The van der Waals surface area contributed by atoms with Crippen molar-refractivity contribution in [2.75, 3.05) is 12.4 Å². The Morgan fingerprint density at radius 1 is 1.14 bits per heavy atom. The van der Waals surface area contributed by atoms with Gasteiger partial charge in [-0.25, -0.2) is 0 Å². The Morgan fingerprint density at radius 2 is 1.91 bits per heavy atom. The zero-order valence-corrected chi connectivity index (χ0v) is 12.5. The van der Waals surface area contributed by atoms with E-state index < -0.39 is 0 Å². The zero-order valence-electron chi connectivity index (χ0n) is 12.5. The van der Waals surface area contributed by atoms with Crippen LogP contribution < -0.4 is 10.1 Å². The number of rotatable bonds is 3. The minimum atomic E-state index is -0.138. The van der Waals surface area contributed by atoms with Crippen LogP contribution in [0.25, 0.3) is 22.0 Å². The number of carbonyl (C=O) groups excluding carboxylic acids is 1. The van der Waals surface area contributed by atoms with Gasteiger partial charge in [-0.3, -0.25) is 9.78 Å². The largest absolute Gasteiger partial charge is 0.497 e. The predicted molar refractivity (Wildman–Crippen MR) is 88.0 cm³/mol. The summed E-state index contributed by atoms with van der Waals surface area (Å²) in [4.78, 5) is 15.9. The molecule has 4 nitrogen and oxygen atoms in total. The van der Waals surface area contributed by atoms with Gasteiger partial charge in [0.25, 0.3) is 0 Å². The number of methoxy groups -OCH3 is 1. The topological polar surface area (TPSA) is 51.2 Å². The number of benzene rings is 2. The number of hydrogen-bond acceptors (Lipinski definition) is 3. The van der Waals surface area contributed by atoms with E-state index in [1.807, 2.05) is 42.5 Å². The van der Waals surface area contributed by atoms with E-state index in [1.165, 1.54) is 6.92 Å². The predicted octanol–water partition coefficient (Wildman–Crippen LogP) is 3.87. The third-order valence-electron chi connectivity index (χ3n) is 3.45. The summed E-state index contributed by atoms with van der Waals surface area (Å²) in [6.07, 6.45) is 1.75. The fraction of sp³-hybridized carbons (Fsp3) is 0.111. The lowest BCUT2D eigenvalue weighted by Crippen LogP contribution is -2.07. The maximum Gasteiger partial charge on any atom is 0.221 e. The van der Waals surface area contributed by atoms with Crippen molar-refractivity contribution in [3.05, 3.63) is 54.7 Å². The van der Waals surface area contributed by atoms with Crippen molar-refractivity contribution >= 4 is 22.5 Å². The summed E-state index contributed by atoms with van der Waals surface area (Å²) in [7, 11) is 1.61. The van der Waals surface area contributed by atoms with Gasteiger partial charge in [-0.05, 0) is 23.3 Å². The van der Waals surface area contributed by atoms with Crippen LogP contribution >= 0.6 is 0 Å². The van der Waals surface area contributed by atoms with Crippen molar-refractivity contribution in [1.29, 1.82) is 0 Å². The number of amides is 1. The van der Waals surface area contributed by atoms with Crippen LogP contribution in [0.1, 0.15) is 6.92 Å². The van der Waals surface area contributed by atoms with E-state index in [0.29, 0.717) is 11.4 Å². The summed E-state index contributed by atoms with van der Waals surface area (Å²) in [5, 5.41) is 3.76. The lowest BCUT2D eigenvalue weighted by atomic mass is 10.0. The third kappa shape index (κ3) is 2.63. The van der Waals surface area contributed by atoms with Crippen molar-refractivity contribution in [3.63, 3.8) is 0 Å². The number of nitrogens with zero attached hydrogens (tertiary/aromatic N) is 1. The average molecular weight is 292 g/mol. The number of aromatic nitrogens is 1. The standard InChI is InChI=1S/C18H16N2O2/c1-12(21)20-17-11-14(22-2)10-16-15(8-9-19-18(16)17)13-6-4-3-5-7-13/h3-11H,1-2H3,(H,20,21). The second kappa shape index (κ2) is 5.85. The molecule has 1 heterocycles. The van der Waals surface area contributed by atoms with Gasteiger partial charge in [0.05, 0.1) is 18.3 Å². The minimum Gasteiger partial charge on any atom is -0.497 e. The molecule has 0 saturated carbocycles. The number of ether oxygens (including phenoxy) is 1. The third-order valence-corrected chi connectivity index (χ3v) is 3.45. The second-order valence-corrected chi connectivity index (χ2v) is 4.98. The fourth-order valence-electron chi connectivity index (χ4n) is 2.50. The molecule has 0 spiro atoms. The lowest BCUT2D eigenvalue weighted by molar-refractivity contribution is -0.114. The second-order valence-electron chi connectivity index (χ2n) is 4.98. The Bertz CT molecular complexity index is 829. The molecule has 4 heteroatoms. The summed E-state index contributed by atoms with van der Waals surface area (Å²) in [6.45, 7) is 1.48. The highest BCUT2D eigenvalue weighted by Gasteiger charge is 2.11. The van der Waals surface area contributed by atoms with Crippen molar-refractivity contribution < 1.29 is 9.53 Å². The van der Waals surface area contributed by atoms with E-state index in [1.54, 1.807) is 19.4 Å². The van der Waals surface area contributed by atoms with Crippen molar-refractivity contribution in [1.82, 2.24) is 4.98 Å². The number of hydrogen-bond donors (Lipinski definition) is 1. The Hall–Kier alpha value is -2.88. The Labute approximate surface area is 128 Å². The van der Waals surface area contributed by atoms with Gasteiger partial charge in [0.15, 0.2) is 0 Å². The number of nitrogens with one attached hydrogen (secondary N) is 1. The zero-order chi connectivity index (χ0) is 15.5. The molecule has 0 aliphatic heterocycles. The van der Waals surface area contributed by atoms with Gasteiger partial charge in [-0.15, -0.1) is 0 Å². The monoisotopic (exact) mass is 292 g/mol. The molecule has 0 saturated heterocycles. The number of anilines is 1. The molecule has 3 rings (SSSR count). The molecule has 0 unspecified atom stereocenters. The first-order valence-electron chi connectivity index (χ1n) is 6.99. The smallest absolute Gasteiger partial charge is 0.221 e. The van der Waals surface area contributed by atoms with Crippen molar-refractivity contribution in [2.45, 2.75) is 6.92 Å². The van der Waals surface area contributed by atoms with Crippen LogP contribution in [-0.4, -0.2) is 18.0 Å². The first-order valence-corrected chi connectivity index (χ1v) is 6.99. The molecule has 22 heavy (non-hydrogen) atoms. The van der Waals surface area contributed by atoms with Crippen LogP contribution in [0.15, 0.2) is 54.7 Å². The average Bonchev–Trinajstić information content (AvgIpc) is 2.54. The first kappa shape index (κ1) is 14.1. The van der Waals surface area contributed by atoms with E-state index in [2.05, 4.69) is 10.3 Å². The lowest BCUT2D eigenvalue weighted by Gasteiger charge is -2.12. The van der Waals surface area contributed by atoms with Crippen molar-refractivity contribution in [2.24, 2.45) is 0 Å². The van der Waals surface area contributed by atoms with Gasteiger partial charge in [-0.1, -0.05) is 30.3 Å². The molecular weight excluding hydrogens is 276 g/mol. The highest BCUT2D eigenvalue weighted by atomic mass is 16.5. The van der Waals surface area contributed by atoms with E-state index in [9.17, 15) is 4.79 Å². The summed E-state index contributed by atoms with van der Waals surface area (Å²) < 4.78 is 5.36. The molecule has 0 radical (unpaired) electrons. The molecule has 1 N–H and O–H groups in total. The highest BCUT2D eigenvalue weighted by Crippen LogP contribution is 2.34. The van der Waals surface area contributed by atoms with Gasteiger partial charge < -0.3 is 10.1 Å². The molecule has 0 atom stereocenters. The molecule has 0 bridgehead atoms. The van der Waals surface area contributed by atoms with E-state index >= 15 is 0 Å². The Kier molecular flexibility index (Phi) is 3.74. The minimum absolute atomic E-state index is 0.138. The fourth-order valence-corrected chi connectivity index (χ4v) is 2.50. The molecular formula is C18H16N2O2. The van der Waals surface area contributed by atoms with Gasteiger partial charge in [0.2, 0.25) is 5.91 Å². The van der Waals surface area contributed by atoms with E-state index in [0.717, 1.165) is 22.0 Å². The SMILES string of the molecule is COc1cc(NC(C)=O)c2nccc(-c3ccccc3)c2c1. The van der Waals surface area contributed by atoms with Crippen molar-refractivity contribution in [3.8, 4) is 16.9 Å². The number of fused-ring (bicyclic) bond motifs is 1. The first-order chi connectivity index (χ1) is 10.7. The molecule has 110 valence electrons. The van der Waals surface area contributed by atoms with E-state index in [4.69, 9.17) is 4.74 Å². The van der Waals surface area contributed by atoms with Gasteiger partial charge in [0.1, 0.15) is 5.75 Å².